The lowest BCUT2D eigenvalue weighted by atomic mass is 9.87. The molecule has 5 rings (SSSR count). The van der Waals surface area contributed by atoms with Crippen molar-refractivity contribution in [2.45, 2.75) is 57.2 Å². The van der Waals surface area contributed by atoms with Crippen molar-refractivity contribution in [1.82, 2.24) is 10.2 Å². The first-order chi connectivity index (χ1) is 16.7. The highest BCUT2D eigenvalue weighted by molar-refractivity contribution is 5.94. The van der Waals surface area contributed by atoms with E-state index in [4.69, 9.17) is 14.2 Å². The number of nitrogens with one attached hydrogen (secondary N) is 1. The van der Waals surface area contributed by atoms with Gasteiger partial charge in [-0.1, -0.05) is 18.2 Å². The maximum Gasteiger partial charge on any atom is 0.251 e. The number of amides is 1. The van der Waals surface area contributed by atoms with Gasteiger partial charge < -0.3 is 19.5 Å². The minimum absolute atomic E-state index is 0.0147. The van der Waals surface area contributed by atoms with Crippen LogP contribution in [0.5, 0.6) is 5.75 Å². The molecular formula is C28H36N2O4. The summed E-state index contributed by atoms with van der Waals surface area (Å²) in [5.41, 5.74) is 4.84. The zero-order chi connectivity index (χ0) is 23.2. The second-order valence-corrected chi connectivity index (χ2v) is 9.73. The Morgan fingerprint density at radius 1 is 1.00 bits per heavy atom. The molecule has 2 saturated heterocycles. The van der Waals surface area contributed by atoms with E-state index in [-0.39, 0.29) is 18.1 Å². The summed E-state index contributed by atoms with van der Waals surface area (Å²) >= 11 is 0. The molecule has 1 amide bonds. The van der Waals surface area contributed by atoms with E-state index in [1.165, 1.54) is 16.7 Å². The smallest absolute Gasteiger partial charge is 0.251 e. The number of rotatable bonds is 7. The van der Waals surface area contributed by atoms with Crippen LogP contribution in [0.25, 0.3) is 0 Å². The number of carbonyl (C=O) groups excluding carboxylic acids is 1. The Morgan fingerprint density at radius 3 is 2.76 bits per heavy atom. The first-order valence-electron chi connectivity index (χ1n) is 12.8. The molecule has 2 heterocycles. The molecule has 2 fully saturated rings. The van der Waals surface area contributed by atoms with Crippen molar-refractivity contribution in [3.05, 3.63) is 64.7 Å². The molecule has 0 bridgehead atoms. The fraction of sp³-hybridized carbons (Fsp3) is 0.536. The highest BCUT2D eigenvalue weighted by atomic mass is 16.5. The lowest BCUT2D eigenvalue weighted by Gasteiger charge is -2.27. The minimum Gasteiger partial charge on any atom is -0.491 e. The van der Waals surface area contributed by atoms with Crippen LogP contribution in [0, 0.1) is 0 Å². The molecule has 2 atom stereocenters. The number of aryl methyl sites for hydroxylation is 1. The molecule has 1 aliphatic carbocycles. The largest absolute Gasteiger partial charge is 0.491 e. The Kier molecular flexibility index (Phi) is 7.79. The van der Waals surface area contributed by atoms with Gasteiger partial charge in [-0.15, -0.1) is 0 Å². The number of hydrogen-bond donors (Lipinski definition) is 1. The van der Waals surface area contributed by atoms with E-state index >= 15 is 0 Å². The molecule has 2 aliphatic heterocycles. The van der Waals surface area contributed by atoms with Gasteiger partial charge in [0.25, 0.3) is 5.91 Å². The maximum absolute atomic E-state index is 12.8. The van der Waals surface area contributed by atoms with Gasteiger partial charge in [0.15, 0.2) is 0 Å². The molecule has 2 aromatic rings. The second-order valence-electron chi connectivity index (χ2n) is 9.73. The summed E-state index contributed by atoms with van der Waals surface area (Å²) in [7, 11) is 0. The van der Waals surface area contributed by atoms with Gasteiger partial charge in [-0.25, -0.2) is 0 Å². The number of benzene rings is 2. The van der Waals surface area contributed by atoms with Gasteiger partial charge in [-0.3, -0.25) is 9.69 Å². The average Bonchev–Trinajstić information content (AvgIpc) is 3.26. The van der Waals surface area contributed by atoms with E-state index in [1.54, 1.807) is 0 Å². The molecule has 34 heavy (non-hydrogen) atoms. The average molecular weight is 465 g/mol. The number of fused-ring (bicyclic) bond motifs is 1. The topological polar surface area (TPSA) is 60.0 Å². The fourth-order valence-electron chi connectivity index (χ4n) is 5.18. The van der Waals surface area contributed by atoms with E-state index in [9.17, 15) is 4.79 Å². The Balaban J connectivity index is 1.12. The first-order valence-corrected chi connectivity index (χ1v) is 12.8. The fourth-order valence-corrected chi connectivity index (χ4v) is 5.18. The van der Waals surface area contributed by atoms with E-state index in [1.807, 2.05) is 24.3 Å². The van der Waals surface area contributed by atoms with Crippen molar-refractivity contribution in [3.63, 3.8) is 0 Å². The van der Waals surface area contributed by atoms with Crippen LogP contribution in [0.2, 0.25) is 0 Å². The van der Waals surface area contributed by atoms with Crippen LogP contribution in [0.4, 0.5) is 0 Å². The molecule has 2 aromatic carbocycles. The monoisotopic (exact) mass is 464 g/mol. The van der Waals surface area contributed by atoms with Crippen molar-refractivity contribution in [3.8, 4) is 5.75 Å². The van der Waals surface area contributed by atoms with Crippen LogP contribution < -0.4 is 10.1 Å². The molecule has 1 N–H and O–H groups in total. The van der Waals surface area contributed by atoms with Gasteiger partial charge in [0.1, 0.15) is 12.4 Å². The van der Waals surface area contributed by atoms with Crippen LogP contribution in [-0.2, 0) is 28.9 Å². The standard InChI is InChI=1S/C28H36N2O4/c31-28(22-7-10-26(11-8-22)34-20-27-3-1-15-33-27)29-25-9-6-23-17-21(4-5-24(23)18-25)19-30-12-2-14-32-16-13-30/h4-5,7-8,10-11,17,25,27H,1-3,6,9,12-16,18-20H2,(H,29,31)/t25-,27-/m0/s1. The normalized spacial score (nSPS) is 23.2. The maximum atomic E-state index is 12.8. The summed E-state index contributed by atoms with van der Waals surface area (Å²) < 4.78 is 17.0. The van der Waals surface area contributed by atoms with Crippen molar-refractivity contribution < 1.29 is 19.0 Å². The summed E-state index contributed by atoms with van der Waals surface area (Å²) in [6.45, 7) is 6.21. The predicted molar refractivity (Wildman–Crippen MR) is 131 cm³/mol. The first kappa shape index (κ1) is 23.3. The van der Waals surface area contributed by atoms with E-state index in [0.29, 0.717) is 12.2 Å². The van der Waals surface area contributed by atoms with Gasteiger partial charge in [-0.05, 0) is 79.5 Å². The molecule has 6 nitrogen and oxygen atoms in total. The molecule has 6 heteroatoms. The Labute approximate surface area is 202 Å². The molecule has 0 spiro atoms. The minimum atomic E-state index is -0.0147. The second kappa shape index (κ2) is 11.3. The van der Waals surface area contributed by atoms with Crippen LogP contribution in [0.1, 0.15) is 52.7 Å². The van der Waals surface area contributed by atoms with E-state index < -0.39 is 0 Å². The van der Waals surface area contributed by atoms with Gasteiger partial charge in [0, 0.05) is 44.5 Å². The highest BCUT2D eigenvalue weighted by Crippen LogP contribution is 2.24. The molecule has 3 aliphatic rings. The number of carbonyl (C=O) groups is 1. The number of nitrogens with zero attached hydrogens (tertiary/aromatic N) is 1. The molecule has 0 aromatic heterocycles. The molecule has 0 unspecified atom stereocenters. The Hall–Kier alpha value is -2.41. The lowest BCUT2D eigenvalue weighted by Crippen LogP contribution is -2.38. The van der Waals surface area contributed by atoms with Crippen LogP contribution in [0.15, 0.2) is 42.5 Å². The van der Waals surface area contributed by atoms with Crippen molar-refractivity contribution in [2.24, 2.45) is 0 Å². The summed E-state index contributed by atoms with van der Waals surface area (Å²) in [5, 5.41) is 3.24. The molecule has 0 radical (unpaired) electrons. The Morgan fingerprint density at radius 2 is 1.91 bits per heavy atom. The summed E-state index contributed by atoms with van der Waals surface area (Å²) in [5.74, 6) is 0.765. The van der Waals surface area contributed by atoms with Crippen LogP contribution in [-0.4, -0.2) is 62.5 Å². The number of hydrogen-bond acceptors (Lipinski definition) is 5. The van der Waals surface area contributed by atoms with Crippen LogP contribution in [0.3, 0.4) is 0 Å². The van der Waals surface area contributed by atoms with Gasteiger partial charge >= 0.3 is 0 Å². The lowest BCUT2D eigenvalue weighted by molar-refractivity contribution is 0.0679. The predicted octanol–water partition coefficient (Wildman–Crippen LogP) is 3.75. The van der Waals surface area contributed by atoms with Crippen molar-refractivity contribution in [2.75, 3.05) is 39.5 Å². The highest BCUT2D eigenvalue weighted by Gasteiger charge is 2.22. The SMILES string of the molecule is O=C(N[C@H]1CCc2cc(CN3CCCOCC3)ccc2C1)c1ccc(OC[C@@H]2CCCO2)cc1. The molecular weight excluding hydrogens is 428 g/mol. The van der Waals surface area contributed by atoms with Gasteiger partial charge in [-0.2, -0.15) is 0 Å². The van der Waals surface area contributed by atoms with Gasteiger partial charge in [0.05, 0.1) is 12.7 Å². The summed E-state index contributed by atoms with van der Waals surface area (Å²) in [4.78, 5) is 15.3. The van der Waals surface area contributed by atoms with E-state index in [0.717, 1.165) is 83.7 Å². The summed E-state index contributed by atoms with van der Waals surface area (Å²) in [6, 6.07) is 14.5. The van der Waals surface area contributed by atoms with Crippen LogP contribution >= 0.6 is 0 Å². The third kappa shape index (κ3) is 6.17. The van der Waals surface area contributed by atoms with Gasteiger partial charge in [0.2, 0.25) is 0 Å². The zero-order valence-corrected chi connectivity index (χ0v) is 20.0. The third-order valence-electron chi connectivity index (χ3n) is 7.13. The quantitative estimate of drug-likeness (QED) is 0.676. The molecule has 182 valence electrons. The third-order valence-corrected chi connectivity index (χ3v) is 7.13. The summed E-state index contributed by atoms with van der Waals surface area (Å²) in [6.07, 6.45) is 6.33. The van der Waals surface area contributed by atoms with Crippen molar-refractivity contribution in [1.29, 1.82) is 0 Å². The van der Waals surface area contributed by atoms with Crippen molar-refractivity contribution >= 4 is 5.91 Å². The Bertz CT molecular complexity index is 947. The molecule has 0 saturated carbocycles. The number of ether oxygens (including phenoxy) is 3. The zero-order valence-electron chi connectivity index (χ0n) is 20.0. The van der Waals surface area contributed by atoms with E-state index in [2.05, 4.69) is 28.4 Å².